The van der Waals surface area contributed by atoms with Crippen LogP contribution in [0, 0.1) is 0 Å². The summed E-state index contributed by atoms with van der Waals surface area (Å²) in [4.78, 5) is 12.1. The van der Waals surface area contributed by atoms with Gasteiger partial charge in [0.15, 0.2) is 0 Å². The van der Waals surface area contributed by atoms with Gasteiger partial charge >= 0.3 is 6.09 Å². The van der Waals surface area contributed by atoms with Crippen LogP contribution in [0.4, 0.5) is 4.79 Å². The molecule has 0 saturated carbocycles. The number of hydrogen-bond acceptors (Lipinski definition) is 6. The number of ether oxygens (including phenoxy) is 2. The van der Waals surface area contributed by atoms with Gasteiger partial charge in [0.2, 0.25) is 10.0 Å². The second-order valence-electron chi connectivity index (χ2n) is 7.85. The van der Waals surface area contributed by atoms with Gasteiger partial charge in [0.25, 0.3) is 0 Å². The smallest absolute Gasteiger partial charge is 0.407 e. The molecule has 2 N–H and O–H groups in total. The minimum absolute atomic E-state index is 0.0693. The van der Waals surface area contributed by atoms with E-state index in [1.54, 1.807) is 24.3 Å². The Morgan fingerprint density at radius 3 is 2.63 bits per heavy atom. The van der Waals surface area contributed by atoms with Crippen molar-refractivity contribution < 1.29 is 22.7 Å². The first-order valence-electron chi connectivity index (χ1n) is 10.9. The van der Waals surface area contributed by atoms with Gasteiger partial charge in [-0.1, -0.05) is 19.4 Å². The van der Waals surface area contributed by atoms with Gasteiger partial charge in [0, 0.05) is 25.2 Å². The molecule has 0 aliphatic carbocycles. The molecule has 1 aromatic rings. The lowest BCUT2D eigenvalue weighted by atomic mass is 10.1. The molecule has 3 rings (SSSR count). The lowest BCUT2D eigenvalue weighted by molar-refractivity contribution is 0.136. The number of amides is 1. The third-order valence-corrected chi connectivity index (χ3v) is 7.43. The molecule has 1 aromatic carbocycles. The maximum absolute atomic E-state index is 13.1. The number of nitrogens with zero attached hydrogens (tertiary/aromatic N) is 1. The van der Waals surface area contributed by atoms with E-state index in [1.165, 1.54) is 4.31 Å². The van der Waals surface area contributed by atoms with Crippen LogP contribution in [-0.4, -0.2) is 63.7 Å². The van der Waals surface area contributed by atoms with Crippen LogP contribution in [0.5, 0.6) is 5.75 Å². The minimum atomic E-state index is -3.60. The topological polar surface area (TPSA) is 97.0 Å². The molecule has 2 aliphatic heterocycles. The summed E-state index contributed by atoms with van der Waals surface area (Å²) in [7, 11) is -3.60. The molecule has 168 valence electrons. The van der Waals surface area contributed by atoms with E-state index in [1.807, 2.05) is 6.92 Å². The number of alkyl carbamates (subject to hydrolysis) is 1. The zero-order valence-electron chi connectivity index (χ0n) is 17.6. The Bertz CT molecular complexity index is 788. The molecule has 0 unspecified atom stereocenters. The zero-order valence-corrected chi connectivity index (χ0v) is 18.5. The quantitative estimate of drug-likeness (QED) is 0.604. The third kappa shape index (κ3) is 6.33. The van der Waals surface area contributed by atoms with Crippen LogP contribution in [0.1, 0.15) is 45.4 Å². The number of sulfonamides is 1. The highest BCUT2D eigenvalue weighted by molar-refractivity contribution is 7.89. The summed E-state index contributed by atoms with van der Waals surface area (Å²) in [5.41, 5.74) is 0. The van der Waals surface area contributed by atoms with Crippen molar-refractivity contribution in [1.82, 2.24) is 14.9 Å². The fourth-order valence-corrected chi connectivity index (χ4v) is 5.23. The fraction of sp³-hybridized carbons (Fsp3) is 0.667. The van der Waals surface area contributed by atoms with Gasteiger partial charge in [-0.25, -0.2) is 13.2 Å². The van der Waals surface area contributed by atoms with Crippen LogP contribution in [0.3, 0.4) is 0 Å². The molecular weight excluding hydrogens is 406 g/mol. The Morgan fingerprint density at radius 2 is 1.93 bits per heavy atom. The number of hydrogen-bond donors (Lipinski definition) is 2. The van der Waals surface area contributed by atoms with Crippen LogP contribution in [0.25, 0.3) is 0 Å². The van der Waals surface area contributed by atoms with E-state index in [4.69, 9.17) is 9.47 Å². The van der Waals surface area contributed by atoms with Crippen LogP contribution >= 0.6 is 0 Å². The van der Waals surface area contributed by atoms with E-state index in [0.717, 1.165) is 38.8 Å². The number of carbonyl (C=O) groups is 1. The van der Waals surface area contributed by atoms with E-state index in [0.29, 0.717) is 38.3 Å². The normalized spacial score (nSPS) is 19.4. The minimum Gasteiger partial charge on any atom is -0.490 e. The van der Waals surface area contributed by atoms with E-state index in [9.17, 15) is 13.2 Å². The monoisotopic (exact) mass is 439 g/mol. The molecule has 1 amide bonds. The van der Waals surface area contributed by atoms with Gasteiger partial charge in [-0.05, 0) is 57.3 Å². The van der Waals surface area contributed by atoms with Crippen LogP contribution in [0.15, 0.2) is 29.2 Å². The van der Waals surface area contributed by atoms with Crippen LogP contribution in [0.2, 0.25) is 0 Å². The molecule has 0 bridgehead atoms. The largest absolute Gasteiger partial charge is 0.490 e. The fourth-order valence-electron chi connectivity index (χ4n) is 3.72. The molecule has 0 aromatic heterocycles. The van der Waals surface area contributed by atoms with Crippen molar-refractivity contribution in [3.8, 4) is 5.75 Å². The molecule has 9 heteroatoms. The molecule has 2 saturated heterocycles. The predicted molar refractivity (Wildman–Crippen MR) is 114 cm³/mol. The highest BCUT2D eigenvalue weighted by Crippen LogP contribution is 2.25. The van der Waals surface area contributed by atoms with Gasteiger partial charge < -0.3 is 20.1 Å². The van der Waals surface area contributed by atoms with Crippen molar-refractivity contribution in [2.75, 3.05) is 32.8 Å². The van der Waals surface area contributed by atoms with Crippen molar-refractivity contribution in [2.24, 2.45) is 0 Å². The van der Waals surface area contributed by atoms with Gasteiger partial charge in [-0.2, -0.15) is 4.31 Å². The van der Waals surface area contributed by atoms with Crippen molar-refractivity contribution in [3.63, 3.8) is 0 Å². The summed E-state index contributed by atoms with van der Waals surface area (Å²) in [6.45, 7) is 5.00. The summed E-state index contributed by atoms with van der Waals surface area (Å²) in [6, 6.07) is 6.69. The van der Waals surface area contributed by atoms with Gasteiger partial charge in [0.05, 0.1) is 11.5 Å². The highest BCUT2D eigenvalue weighted by atomic mass is 32.2. The van der Waals surface area contributed by atoms with Crippen molar-refractivity contribution in [2.45, 2.75) is 62.5 Å². The predicted octanol–water partition coefficient (Wildman–Crippen LogP) is 2.50. The number of carbonyl (C=O) groups excluding carboxylic acids is 1. The number of piperidine rings is 2. The lowest BCUT2D eigenvalue weighted by Crippen LogP contribution is -2.46. The summed E-state index contributed by atoms with van der Waals surface area (Å²) in [5, 5.41) is 6.13. The number of rotatable bonds is 8. The van der Waals surface area contributed by atoms with E-state index in [-0.39, 0.29) is 17.0 Å². The molecule has 2 aliphatic rings. The summed E-state index contributed by atoms with van der Waals surface area (Å²) < 4.78 is 38.8. The number of benzene rings is 1. The second kappa shape index (κ2) is 11.0. The molecule has 0 spiro atoms. The number of unbranched alkanes of at least 4 members (excludes halogenated alkanes) is 1. The van der Waals surface area contributed by atoms with E-state index in [2.05, 4.69) is 10.6 Å². The second-order valence-corrected chi connectivity index (χ2v) is 9.79. The van der Waals surface area contributed by atoms with Gasteiger partial charge in [-0.15, -0.1) is 0 Å². The standard InChI is InChI=1S/C21H33N3O5S/c1-2-3-15-28-21(25)23-17-9-13-24(14-10-17)30(26,27)20-6-4-5-19(16-20)29-18-7-11-22-12-8-18/h4-6,16-18,22H,2-3,7-15H2,1H3,(H,23,25). The van der Waals surface area contributed by atoms with E-state index < -0.39 is 16.1 Å². The molecule has 2 heterocycles. The molecular formula is C21H33N3O5S. The molecule has 8 nitrogen and oxygen atoms in total. The number of nitrogens with one attached hydrogen (secondary N) is 2. The SMILES string of the molecule is CCCCOC(=O)NC1CCN(S(=O)(=O)c2cccc(OC3CCNCC3)c2)CC1. The molecule has 30 heavy (non-hydrogen) atoms. The Labute approximate surface area is 179 Å². The van der Waals surface area contributed by atoms with Crippen LogP contribution < -0.4 is 15.4 Å². The van der Waals surface area contributed by atoms with Crippen molar-refractivity contribution in [3.05, 3.63) is 24.3 Å². The van der Waals surface area contributed by atoms with Crippen molar-refractivity contribution >= 4 is 16.1 Å². The van der Waals surface area contributed by atoms with E-state index >= 15 is 0 Å². The molecule has 0 atom stereocenters. The Balaban J connectivity index is 1.53. The summed E-state index contributed by atoms with van der Waals surface area (Å²) in [6.07, 6.45) is 4.45. The maximum Gasteiger partial charge on any atom is 0.407 e. The van der Waals surface area contributed by atoms with Crippen LogP contribution in [-0.2, 0) is 14.8 Å². The molecule has 0 radical (unpaired) electrons. The summed E-state index contributed by atoms with van der Waals surface area (Å²) >= 11 is 0. The van der Waals surface area contributed by atoms with Gasteiger partial charge in [-0.3, -0.25) is 0 Å². The lowest BCUT2D eigenvalue weighted by Gasteiger charge is -2.31. The van der Waals surface area contributed by atoms with Gasteiger partial charge in [0.1, 0.15) is 11.9 Å². The Hall–Kier alpha value is -1.84. The highest BCUT2D eigenvalue weighted by Gasteiger charge is 2.30. The zero-order chi connectivity index (χ0) is 21.4. The Kier molecular flexibility index (Phi) is 8.35. The average molecular weight is 440 g/mol. The Morgan fingerprint density at radius 1 is 1.20 bits per heavy atom. The van der Waals surface area contributed by atoms with Crippen molar-refractivity contribution in [1.29, 1.82) is 0 Å². The first-order valence-corrected chi connectivity index (χ1v) is 12.3. The summed E-state index contributed by atoms with van der Waals surface area (Å²) in [5.74, 6) is 0.592. The average Bonchev–Trinajstić information content (AvgIpc) is 2.75. The third-order valence-electron chi connectivity index (χ3n) is 5.54. The first-order chi connectivity index (χ1) is 14.5. The maximum atomic E-state index is 13.1. The molecule has 2 fully saturated rings. The first kappa shape index (κ1) is 22.8.